The van der Waals surface area contributed by atoms with Crippen LogP contribution in [0.15, 0.2) is 23.1 Å². The van der Waals surface area contributed by atoms with Crippen LogP contribution in [-0.4, -0.2) is 24.5 Å². The molecule has 0 amide bonds. The van der Waals surface area contributed by atoms with E-state index in [1.807, 2.05) is 23.9 Å². The van der Waals surface area contributed by atoms with Gasteiger partial charge in [-0.2, -0.15) is 0 Å². The molecule has 1 fully saturated rings. The van der Waals surface area contributed by atoms with Gasteiger partial charge >= 0.3 is 0 Å². The molecule has 0 aliphatic carbocycles. The number of benzene rings is 1. The van der Waals surface area contributed by atoms with Crippen LogP contribution in [0.1, 0.15) is 32.3 Å². The molecule has 0 radical (unpaired) electrons. The molecule has 1 aliphatic rings. The Bertz CT molecular complexity index is 413. The topological polar surface area (TPSA) is 21.3 Å². The van der Waals surface area contributed by atoms with Gasteiger partial charge in [0.05, 0.1) is 6.10 Å². The number of rotatable bonds is 6. The van der Waals surface area contributed by atoms with E-state index in [0.29, 0.717) is 11.4 Å². The predicted molar refractivity (Wildman–Crippen MR) is 83.1 cm³/mol. The van der Waals surface area contributed by atoms with Crippen molar-refractivity contribution < 1.29 is 4.74 Å². The van der Waals surface area contributed by atoms with Gasteiger partial charge < -0.3 is 10.1 Å². The molecule has 19 heavy (non-hydrogen) atoms. The largest absolute Gasteiger partial charge is 0.377 e. The van der Waals surface area contributed by atoms with Crippen LogP contribution in [0.3, 0.4) is 0 Å². The number of thioether (sulfide) groups is 1. The van der Waals surface area contributed by atoms with Crippen LogP contribution >= 0.6 is 23.4 Å². The minimum atomic E-state index is 0.334. The molecule has 1 aromatic carbocycles. The maximum Gasteiger partial charge on any atom is 0.0669 e. The van der Waals surface area contributed by atoms with Gasteiger partial charge in [0.25, 0.3) is 0 Å². The van der Waals surface area contributed by atoms with Crippen molar-refractivity contribution in [1.82, 2.24) is 5.32 Å². The van der Waals surface area contributed by atoms with Gasteiger partial charge in [-0.15, -0.1) is 11.8 Å². The van der Waals surface area contributed by atoms with Crippen molar-refractivity contribution in [3.05, 3.63) is 28.8 Å². The molecule has 0 aromatic heterocycles. The van der Waals surface area contributed by atoms with E-state index in [0.717, 1.165) is 37.6 Å². The van der Waals surface area contributed by atoms with Gasteiger partial charge in [-0.25, -0.2) is 0 Å². The van der Waals surface area contributed by atoms with E-state index in [9.17, 15) is 0 Å². The van der Waals surface area contributed by atoms with Gasteiger partial charge in [0.15, 0.2) is 0 Å². The fraction of sp³-hybridized carbons (Fsp3) is 0.600. The monoisotopic (exact) mass is 299 g/mol. The third kappa shape index (κ3) is 4.12. The molecule has 2 rings (SSSR count). The minimum absolute atomic E-state index is 0.334. The Morgan fingerprint density at radius 3 is 3.00 bits per heavy atom. The van der Waals surface area contributed by atoms with Gasteiger partial charge in [-0.1, -0.05) is 24.6 Å². The third-order valence-corrected chi connectivity index (χ3v) is 5.30. The third-order valence-electron chi connectivity index (χ3n) is 3.39. The van der Waals surface area contributed by atoms with Crippen molar-refractivity contribution in [2.24, 2.45) is 0 Å². The van der Waals surface area contributed by atoms with E-state index in [1.165, 1.54) is 10.5 Å². The summed E-state index contributed by atoms with van der Waals surface area (Å²) in [5.41, 5.74) is 1.22. The van der Waals surface area contributed by atoms with Gasteiger partial charge in [-0.05, 0) is 44.0 Å². The SMILES string of the molecule is CCCNCc1c(Cl)cccc1SC1CCOC1C. The van der Waals surface area contributed by atoms with Crippen LogP contribution in [0.5, 0.6) is 0 Å². The molecule has 2 nitrogen and oxygen atoms in total. The average Bonchev–Trinajstić information content (AvgIpc) is 2.79. The Labute approximate surface area is 125 Å². The van der Waals surface area contributed by atoms with Gasteiger partial charge in [0, 0.05) is 28.3 Å². The Morgan fingerprint density at radius 1 is 1.47 bits per heavy atom. The lowest BCUT2D eigenvalue weighted by molar-refractivity contribution is 0.127. The van der Waals surface area contributed by atoms with E-state index in [4.69, 9.17) is 16.3 Å². The van der Waals surface area contributed by atoms with Crippen LogP contribution in [0.4, 0.5) is 0 Å². The number of hydrogen-bond donors (Lipinski definition) is 1. The number of nitrogens with one attached hydrogen (secondary N) is 1. The summed E-state index contributed by atoms with van der Waals surface area (Å²) in [6.45, 7) is 7.08. The molecule has 0 spiro atoms. The molecule has 2 unspecified atom stereocenters. The zero-order valence-corrected chi connectivity index (χ0v) is 13.2. The Hall–Kier alpha value is -0.220. The molecule has 1 heterocycles. The lowest BCUT2D eigenvalue weighted by atomic mass is 10.2. The van der Waals surface area contributed by atoms with Crippen molar-refractivity contribution in [1.29, 1.82) is 0 Å². The Balaban J connectivity index is 2.07. The zero-order valence-electron chi connectivity index (χ0n) is 11.6. The molecular weight excluding hydrogens is 278 g/mol. The maximum absolute atomic E-state index is 6.35. The predicted octanol–water partition coefficient (Wildman–Crippen LogP) is 4.11. The maximum atomic E-state index is 6.35. The highest BCUT2D eigenvalue weighted by Crippen LogP contribution is 2.36. The van der Waals surface area contributed by atoms with Crippen molar-refractivity contribution in [2.45, 2.75) is 49.5 Å². The first-order valence-electron chi connectivity index (χ1n) is 6.98. The molecule has 4 heteroatoms. The molecule has 2 atom stereocenters. The first kappa shape index (κ1) is 15.2. The summed E-state index contributed by atoms with van der Waals surface area (Å²) < 4.78 is 5.64. The molecule has 1 saturated heterocycles. The lowest BCUT2D eigenvalue weighted by Crippen LogP contribution is -2.16. The highest BCUT2D eigenvalue weighted by atomic mass is 35.5. The normalized spacial score (nSPS) is 22.9. The van der Waals surface area contributed by atoms with Crippen molar-refractivity contribution >= 4 is 23.4 Å². The molecule has 1 aliphatic heterocycles. The number of hydrogen-bond acceptors (Lipinski definition) is 3. The van der Waals surface area contributed by atoms with Crippen molar-refractivity contribution in [3.8, 4) is 0 Å². The van der Waals surface area contributed by atoms with E-state index in [1.54, 1.807) is 0 Å². The second-order valence-corrected chi connectivity index (χ2v) is 6.60. The van der Waals surface area contributed by atoms with Gasteiger partial charge in [-0.3, -0.25) is 0 Å². The molecule has 1 N–H and O–H groups in total. The quantitative estimate of drug-likeness (QED) is 0.799. The summed E-state index contributed by atoms with van der Waals surface area (Å²) in [5, 5.41) is 4.85. The summed E-state index contributed by atoms with van der Waals surface area (Å²) >= 11 is 8.25. The fourth-order valence-corrected chi connectivity index (χ4v) is 3.83. The van der Waals surface area contributed by atoms with E-state index >= 15 is 0 Å². The first-order valence-corrected chi connectivity index (χ1v) is 8.24. The second kappa shape index (κ2) is 7.53. The molecular formula is C15H22ClNOS. The van der Waals surface area contributed by atoms with E-state index in [2.05, 4.69) is 25.2 Å². The first-order chi connectivity index (χ1) is 9.22. The molecule has 0 saturated carbocycles. The summed E-state index contributed by atoms with van der Waals surface area (Å²) in [6, 6.07) is 6.18. The van der Waals surface area contributed by atoms with Gasteiger partial charge in [0.2, 0.25) is 0 Å². The highest BCUT2D eigenvalue weighted by Gasteiger charge is 2.26. The van der Waals surface area contributed by atoms with Crippen molar-refractivity contribution in [2.75, 3.05) is 13.2 Å². The molecule has 1 aromatic rings. The average molecular weight is 300 g/mol. The number of ether oxygens (including phenoxy) is 1. The summed E-state index contributed by atoms with van der Waals surface area (Å²) in [4.78, 5) is 1.29. The van der Waals surface area contributed by atoms with Gasteiger partial charge in [0.1, 0.15) is 0 Å². The fourth-order valence-electron chi connectivity index (χ4n) is 2.24. The van der Waals surface area contributed by atoms with Crippen LogP contribution in [0, 0.1) is 0 Å². The van der Waals surface area contributed by atoms with Crippen molar-refractivity contribution in [3.63, 3.8) is 0 Å². The lowest BCUT2D eigenvalue weighted by Gasteiger charge is -2.17. The summed E-state index contributed by atoms with van der Waals surface area (Å²) in [5.74, 6) is 0. The molecule has 0 bridgehead atoms. The van der Waals surface area contributed by atoms with E-state index < -0.39 is 0 Å². The standard InChI is InChI=1S/C15H22ClNOS/c1-3-8-17-10-12-13(16)5-4-6-15(12)19-14-7-9-18-11(14)2/h4-6,11,14,17H,3,7-10H2,1-2H3. The Morgan fingerprint density at radius 2 is 2.32 bits per heavy atom. The number of halogens is 1. The summed E-state index contributed by atoms with van der Waals surface area (Å²) in [7, 11) is 0. The van der Waals surface area contributed by atoms with Crippen LogP contribution < -0.4 is 5.32 Å². The van der Waals surface area contributed by atoms with E-state index in [-0.39, 0.29) is 0 Å². The van der Waals surface area contributed by atoms with Crippen LogP contribution in [0.25, 0.3) is 0 Å². The smallest absolute Gasteiger partial charge is 0.0669 e. The van der Waals surface area contributed by atoms with Crippen LogP contribution in [0.2, 0.25) is 5.02 Å². The van der Waals surface area contributed by atoms with Crippen LogP contribution in [-0.2, 0) is 11.3 Å². The Kier molecular flexibility index (Phi) is 6.02. The zero-order chi connectivity index (χ0) is 13.7. The summed E-state index contributed by atoms with van der Waals surface area (Å²) in [6.07, 6.45) is 2.60. The highest BCUT2D eigenvalue weighted by molar-refractivity contribution is 8.00. The molecule has 106 valence electrons. The minimum Gasteiger partial charge on any atom is -0.377 e. The second-order valence-electron chi connectivity index (χ2n) is 4.91.